The number of carbonyl (C=O) groups excluding carboxylic acids is 1. The van der Waals surface area contributed by atoms with Crippen LogP contribution in [-0.4, -0.2) is 26.4 Å². The molecule has 0 radical (unpaired) electrons. The van der Waals surface area contributed by atoms with E-state index in [0.29, 0.717) is 21.8 Å². The van der Waals surface area contributed by atoms with Gasteiger partial charge in [-0.1, -0.05) is 60.3 Å². The van der Waals surface area contributed by atoms with Crippen LogP contribution in [0.2, 0.25) is 10.0 Å². The number of hydrogen-bond acceptors (Lipinski definition) is 4. The molecule has 1 aliphatic carbocycles. The zero-order chi connectivity index (χ0) is 19.4. The molecular weight excluding hydrogens is 403 g/mol. The van der Waals surface area contributed by atoms with Crippen molar-refractivity contribution in [2.24, 2.45) is 0 Å². The Morgan fingerprint density at radius 1 is 1.30 bits per heavy atom. The highest BCUT2D eigenvalue weighted by Gasteiger charge is 2.22. The molecule has 1 saturated carbocycles. The second kappa shape index (κ2) is 9.30. The summed E-state index contributed by atoms with van der Waals surface area (Å²) >= 11 is 13.6. The molecule has 0 saturated heterocycles. The Morgan fingerprint density at radius 3 is 2.74 bits per heavy atom. The lowest BCUT2D eigenvalue weighted by atomic mass is 9.95. The average molecular weight is 427 g/mol. The molecule has 3 rings (SSSR count). The molecule has 2 aromatic rings. The summed E-state index contributed by atoms with van der Waals surface area (Å²) in [4.78, 5) is 12.4. The first-order valence-electron chi connectivity index (χ1n) is 9.24. The van der Waals surface area contributed by atoms with Crippen molar-refractivity contribution in [1.82, 2.24) is 20.1 Å². The molecule has 27 heavy (non-hydrogen) atoms. The molecule has 0 spiro atoms. The molecule has 1 atom stereocenters. The zero-order valence-electron chi connectivity index (χ0n) is 15.5. The van der Waals surface area contributed by atoms with Crippen LogP contribution in [0.1, 0.15) is 62.5 Å². The third-order valence-electron chi connectivity index (χ3n) is 4.91. The van der Waals surface area contributed by atoms with Crippen LogP contribution in [0.4, 0.5) is 0 Å². The van der Waals surface area contributed by atoms with Crippen LogP contribution in [0.15, 0.2) is 23.4 Å². The number of aromatic nitrogens is 3. The Kier molecular flexibility index (Phi) is 7.06. The van der Waals surface area contributed by atoms with Gasteiger partial charge in [-0.15, -0.1) is 10.2 Å². The molecule has 1 heterocycles. The minimum absolute atomic E-state index is 0.0608. The predicted molar refractivity (Wildman–Crippen MR) is 111 cm³/mol. The highest BCUT2D eigenvalue weighted by atomic mass is 35.5. The van der Waals surface area contributed by atoms with Crippen molar-refractivity contribution in [2.75, 3.05) is 5.75 Å². The standard InChI is InChI=1S/C19H24Cl2N4OS/c1-12(16-9-8-14(20)10-17(16)21)22-18(26)11-27-19-24-23-13(2)25(19)15-6-4-3-5-7-15/h8-10,12,15H,3-7,11H2,1-2H3,(H,22,26). The van der Waals surface area contributed by atoms with Gasteiger partial charge in [0.1, 0.15) is 5.82 Å². The fraction of sp³-hybridized carbons (Fsp3) is 0.526. The Labute approximate surface area is 174 Å². The Balaban J connectivity index is 1.59. The maximum Gasteiger partial charge on any atom is 0.230 e. The summed E-state index contributed by atoms with van der Waals surface area (Å²) in [5.41, 5.74) is 0.848. The monoisotopic (exact) mass is 426 g/mol. The minimum atomic E-state index is -0.194. The second-order valence-electron chi connectivity index (χ2n) is 6.94. The van der Waals surface area contributed by atoms with Gasteiger partial charge in [0.15, 0.2) is 5.16 Å². The first-order valence-corrected chi connectivity index (χ1v) is 11.0. The second-order valence-corrected chi connectivity index (χ2v) is 8.72. The smallest absolute Gasteiger partial charge is 0.230 e. The van der Waals surface area contributed by atoms with Crippen molar-refractivity contribution < 1.29 is 4.79 Å². The number of rotatable bonds is 6. The van der Waals surface area contributed by atoms with Gasteiger partial charge in [0.05, 0.1) is 11.8 Å². The fourth-order valence-corrected chi connectivity index (χ4v) is 4.99. The van der Waals surface area contributed by atoms with Gasteiger partial charge in [-0.25, -0.2) is 0 Å². The van der Waals surface area contributed by atoms with Crippen molar-refractivity contribution in [3.8, 4) is 0 Å². The lowest BCUT2D eigenvalue weighted by molar-refractivity contribution is -0.119. The molecule has 1 aliphatic rings. The molecule has 5 nitrogen and oxygen atoms in total. The Bertz CT molecular complexity index is 805. The largest absolute Gasteiger partial charge is 0.349 e. The third kappa shape index (κ3) is 5.18. The van der Waals surface area contributed by atoms with Gasteiger partial charge in [0, 0.05) is 16.1 Å². The summed E-state index contributed by atoms with van der Waals surface area (Å²) in [5.74, 6) is 1.15. The van der Waals surface area contributed by atoms with Gasteiger partial charge in [-0.05, 0) is 44.4 Å². The van der Waals surface area contributed by atoms with E-state index in [1.807, 2.05) is 19.9 Å². The quantitative estimate of drug-likeness (QED) is 0.630. The summed E-state index contributed by atoms with van der Waals surface area (Å²) in [6.07, 6.45) is 6.10. The topological polar surface area (TPSA) is 59.8 Å². The van der Waals surface area contributed by atoms with Gasteiger partial charge in [-0.2, -0.15) is 0 Å². The molecule has 1 aromatic carbocycles. The number of nitrogens with zero attached hydrogens (tertiary/aromatic N) is 3. The number of nitrogens with one attached hydrogen (secondary N) is 1. The van der Waals surface area contributed by atoms with Crippen LogP contribution in [-0.2, 0) is 4.79 Å². The highest BCUT2D eigenvalue weighted by molar-refractivity contribution is 7.99. The summed E-state index contributed by atoms with van der Waals surface area (Å²) in [6.45, 7) is 3.89. The fourth-order valence-electron chi connectivity index (χ4n) is 3.55. The maximum absolute atomic E-state index is 12.4. The van der Waals surface area contributed by atoms with Crippen LogP contribution < -0.4 is 5.32 Å². The van der Waals surface area contributed by atoms with E-state index in [-0.39, 0.29) is 11.9 Å². The summed E-state index contributed by atoms with van der Waals surface area (Å²) in [6, 6.07) is 5.55. The van der Waals surface area contributed by atoms with E-state index < -0.39 is 0 Å². The summed E-state index contributed by atoms with van der Waals surface area (Å²) < 4.78 is 2.20. The molecule has 146 valence electrons. The molecule has 1 unspecified atom stereocenters. The minimum Gasteiger partial charge on any atom is -0.349 e. The maximum atomic E-state index is 12.4. The number of benzene rings is 1. The first kappa shape index (κ1) is 20.5. The molecule has 0 aliphatic heterocycles. The van der Waals surface area contributed by atoms with Gasteiger partial charge < -0.3 is 9.88 Å². The number of halogens is 2. The van der Waals surface area contributed by atoms with Gasteiger partial charge in [0.2, 0.25) is 5.91 Å². The average Bonchev–Trinajstić information content (AvgIpc) is 3.01. The van der Waals surface area contributed by atoms with E-state index in [1.165, 1.54) is 31.0 Å². The van der Waals surface area contributed by atoms with Crippen LogP contribution in [0.25, 0.3) is 0 Å². The molecule has 8 heteroatoms. The molecular formula is C19H24Cl2N4OS. The zero-order valence-corrected chi connectivity index (χ0v) is 17.9. The van der Waals surface area contributed by atoms with E-state index in [4.69, 9.17) is 23.2 Å². The normalized spacial score (nSPS) is 16.3. The number of hydrogen-bond donors (Lipinski definition) is 1. The van der Waals surface area contributed by atoms with Crippen LogP contribution in [0.5, 0.6) is 0 Å². The van der Waals surface area contributed by atoms with Crippen LogP contribution in [0.3, 0.4) is 0 Å². The molecule has 1 fully saturated rings. The Morgan fingerprint density at radius 2 is 2.04 bits per heavy atom. The SMILES string of the molecule is Cc1nnc(SCC(=O)NC(C)c2ccc(Cl)cc2Cl)n1C1CCCCC1. The van der Waals surface area contributed by atoms with E-state index in [0.717, 1.165) is 29.4 Å². The van der Waals surface area contributed by atoms with E-state index in [2.05, 4.69) is 20.1 Å². The van der Waals surface area contributed by atoms with Gasteiger partial charge >= 0.3 is 0 Å². The van der Waals surface area contributed by atoms with Crippen molar-refractivity contribution in [3.63, 3.8) is 0 Å². The van der Waals surface area contributed by atoms with E-state index in [1.54, 1.807) is 12.1 Å². The molecule has 1 amide bonds. The van der Waals surface area contributed by atoms with Gasteiger partial charge in [0.25, 0.3) is 0 Å². The van der Waals surface area contributed by atoms with Crippen molar-refractivity contribution >= 4 is 40.9 Å². The number of carbonyl (C=O) groups is 1. The number of thioether (sulfide) groups is 1. The third-order valence-corrected chi connectivity index (χ3v) is 6.42. The van der Waals surface area contributed by atoms with Crippen LogP contribution >= 0.6 is 35.0 Å². The molecule has 0 bridgehead atoms. The summed E-state index contributed by atoms with van der Waals surface area (Å²) in [7, 11) is 0. The van der Waals surface area contributed by atoms with Crippen molar-refractivity contribution in [1.29, 1.82) is 0 Å². The van der Waals surface area contributed by atoms with E-state index >= 15 is 0 Å². The van der Waals surface area contributed by atoms with Crippen LogP contribution in [0, 0.1) is 6.92 Å². The lowest BCUT2D eigenvalue weighted by Gasteiger charge is -2.25. The van der Waals surface area contributed by atoms with E-state index in [9.17, 15) is 4.79 Å². The van der Waals surface area contributed by atoms with Crippen molar-refractivity contribution in [2.45, 2.75) is 63.2 Å². The lowest BCUT2D eigenvalue weighted by Crippen LogP contribution is -2.28. The highest BCUT2D eigenvalue weighted by Crippen LogP contribution is 2.32. The molecule has 1 aromatic heterocycles. The molecule has 1 N–H and O–H groups in total. The number of amides is 1. The predicted octanol–water partition coefficient (Wildman–Crippen LogP) is 5.37. The Hall–Kier alpha value is -1.24. The van der Waals surface area contributed by atoms with Gasteiger partial charge in [-0.3, -0.25) is 4.79 Å². The summed E-state index contributed by atoms with van der Waals surface area (Å²) in [5, 5.41) is 13.5. The number of aryl methyl sites for hydroxylation is 1. The first-order chi connectivity index (χ1) is 13.0. The van der Waals surface area contributed by atoms with Crippen molar-refractivity contribution in [3.05, 3.63) is 39.6 Å².